The number of carbonyl (C=O) groups is 2. The third-order valence-corrected chi connectivity index (χ3v) is 9.56. The molecule has 1 aliphatic rings. The van der Waals surface area contributed by atoms with Gasteiger partial charge in [0.1, 0.15) is 16.9 Å². The number of hydrogen-bond donors (Lipinski definition) is 1. The van der Waals surface area contributed by atoms with Crippen LogP contribution in [0.5, 0.6) is 0 Å². The maximum Gasteiger partial charge on any atom is 0.254 e. The number of benzene rings is 3. The molecule has 1 aromatic heterocycles. The summed E-state index contributed by atoms with van der Waals surface area (Å²) in [6.45, 7) is -0.706. The molecule has 0 amide bonds. The molecule has 5 rings (SSSR count). The second-order valence-corrected chi connectivity index (χ2v) is 11.3. The van der Waals surface area contributed by atoms with Crippen molar-refractivity contribution < 1.29 is 23.1 Å². The molecule has 1 aliphatic heterocycles. The Kier molecular flexibility index (Phi) is 6.21. The highest BCUT2D eigenvalue weighted by Crippen LogP contribution is 2.44. The molecule has 0 saturated heterocycles. The van der Waals surface area contributed by atoms with Crippen molar-refractivity contribution in [1.82, 2.24) is 4.31 Å². The monoisotopic (exact) mass is 503 g/mol. The van der Waals surface area contributed by atoms with Gasteiger partial charge in [-0.1, -0.05) is 84.9 Å². The van der Waals surface area contributed by atoms with Crippen molar-refractivity contribution in [2.45, 2.75) is 16.8 Å². The Morgan fingerprint density at radius 2 is 1.49 bits per heavy atom. The first-order valence-corrected chi connectivity index (χ1v) is 13.2. The third-order valence-electron chi connectivity index (χ3n) is 5.97. The summed E-state index contributed by atoms with van der Waals surface area (Å²) >= 11 is 1.14. The Hall–Kier alpha value is -3.43. The third kappa shape index (κ3) is 4.26. The van der Waals surface area contributed by atoms with Gasteiger partial charge in [0.25, 0.3) is 10.0 Å². The first-order chi connectivity index (χ1) is 16.9. The van der Waals surface area contributed by atoms with E-state index < -0.39 is 28.5 Å². The van der Waals surface area contributed by atoms with Crippen molar-refractivity contribution in [3.63, 3.8) is 0 Å². The lowest BCUT2D eigenvalue weighted by Crippen LogP contribution is -2.35. The summed E-state index contributed by atoms with van der Waals surface area (Å²) in [7, 11) is -3.93. The van der Waals surface area contributed by atoms with Gasteiger partial charge in [-0.25, -0.2) is 8.42 Å². The van der Waals surface area contributed by atoms with Gasteiger partial charge in [-0.15, -0.1) is 11.3 Å². The second-order valence-electron chi connectivity index (χ2n) is 8.18. The summed E-state index contributed by atoms with van der Waals surface area (Å²) in [6, 6.07) is 25.5. The summed E-state index contributed by atoms with van der Waals surface area (Å²) in [5, 5.41) is 9.50. The van der Waals surface area contributed by atoms with E-state index in [1.54, 1.807) is 54.6 Å². The molecule has 6 nitrogen and oxygen atoms in total. The largest absolute Gasteiger partial charge is 0.389 e. The van der Waals surface area contributed by atoms with E-state index in [2.05, 4.69) is 0 Å². The Morgan fingerprint density at radius 3 is 2.09 bits per heavy atom. The van der Waals surface area contributed by atoms with Crippen LogP contribution in [0.1, 0.15) is 33.1 Å². The van der Waals surface area contributed by atoms with E-state index in [0.717, 1.165) is 26.1 Å². The minimum absolute atomic E-state index is 0.0457. The standard InChI is InChI=1S/C27H21NO5S2/c29-17-23(30)25(19-7-3-1-4-8-19)28-16-22-15-24(34-27(22)35(28,32)33)18-11-13-21(14-12-18)26(31)20-9-5-2-6-10-20/h1-15,25,29H,16-17H2. The molecular weight excluding hydrogens is 482 g/mol. The van der Waals surface area contributed by atoms with Crippen LogP contribution < -0.4 is 0 Å². The lowest BCUT2D eigenvalue weighted by Gasteiger charge is -2.25. The number of rotatable bonds is 7. The van der Waals surface area contributed by atoms with Crippen molar-refractivity contribution in [3.8, 4) is 10.4 Å². The lowest BCUT2D eigenvalue weighted by molar-refractivity contribution is -0.125. The van der Waals surface area contributed by atoms with E-state index in [4.69, 9.17) is 0 Å². The van der Waals surface area contributed by atoms with Crippen LogP contribution >= 0.6 is 11.3 Å². The first-order valence-electron chi connectivity index (χ1n) is 10.9. The Balaban J connectivity index is 1.43. The maximum atomic E-state index is 13.4. The SMILES string of the molecule is O=C(c1ccccc1)c1ccc(-c2cc3c(s2)S(=O)(=O)N(C(C(=O)CO)c2ccccc2)C3)cc1. The summed E-state index contributed by atoms with van der Waals surface area (Å²) in [5.74, 6) is -0.654. The molecule has 0 aliphatic carbocycles. The van der Waals surface area contributed by atoms with Crippen molar-refractivity contribution in [3.05, 3.63) is 113 Å². The quantitative estimate of drug-likeness (QED) is 0.376. The van der Waals surface area contributed by atoms with Crippen molar-refractivity contribution in [2.24, 2.45) is 0 Å². The van der Waals surface area contributed by atoms with Gasteiger partial charge < -0.3 is 5.11 Å². The Morgan fingerprint density at radius 1 is 0.886 bits per heavy atom. The van der Waals surface area contributed by atoms with Crippen molar-refractivity contribution in [2.75, 3.05) is 6.61 Å². The van der Waals surface area contributed by atoms with Gasteiger partial charge >= 0.3 is 0 Å². The molecule has 1 N–H and O–H groups in total. The summed E-state index contributed by atoms with van der Waals surface area (Å²) in [4.78, 5) is 26.0. The topological polar surface area (TPSA) is 91.8 Å². The van der Waals surface area contributed by atoms with E-state index in [9.17, 15) is 23.1 Å². The van der Waals surface area contributed by atoms with Crippen LogP contribution in [-0.2, 0) is 21.4 Å². The van der Waals surface area contributed by atoms with Gasteiger partial charge in [-0.2, -0.15) is 4.31 Å². The molecule has 176 valence electrons. The molecule has 0 spiro atoms. The lowest BCUT2D eigenvalue weighted by atomic mass is 10.0. The molecule has 0 fully saturated rings. The molecule has 1 unspecified atom stereocenters. The van der Waals surface area contributed by atoms with Crippen LogP contribution in [-0.4, -0.2) is 36.0 Å². The summed E-state index contributed by atoms with van der Waals surface area (Å²) in [6.07, 6.45) is 0. The van der Waals surface area contributed by atoms with Gasteiger partial charge in [0, 0.05) is 22.5 Å². The number of ketones is 2. The van der Waals surface area contributed by atoms with E-state index in [-0.39, 0.29) is 16.5 Å². The van der Waals surface area contributed by atoms with E-state index >= 15 is 0 Å². The fraction of sp³-hybridized carbons (Fsp3) is 0.111. The minimum atomic E-state index is -3.93. The number of carbonyl (C=O) groups excluding carboxylic acids is 2. The molecule has 4 aromatic rings. The van der Waals surface area contributed by atoms with Gasteiger partial charge in [-0.05, 0) is 22.8 Å². The highest BCUT2D eigenvalue weighted by atomic mass is 32.2. The van der Waals surface area contributed by atoms with Gasteiger partial charge in [-0.3, -0.25) is 9.59 Å². The number of fused-ring (bicyclic) bond motifs is 1. The molecule has 0 saturated carbocycles. The first kappa shape index (κ1) is 23.3. The summed E-state index contributed by atoms with van der Waals surface area (Å²) < 4.78 is 28.2. The molecule has 3 aromatic carbocycles. The zero-order valence-corrected chi connectivity index (χ0v) is 20.1. The number of aliphatic hydroxyl groups excluding tert-OH is 1. The normalized spacial score (nSPS) is 15.5. The maximum absolute atomic E-state index is 13.4. The van der Waals surface area contributed by atoms with Gasteiger partial charge in [0.2, 0.25) is 0 Å². The second kappa shape index (κ2) is 9.31. The highest BCUT2D eigenvalue weighted by Gasteiger charge is 2.44. The van der Waals surface area contributed by atoms with Crippen LogP contribution in [0.2, 0.25) is 0 Å². The molecule has 0 radical (unpaired) electrons. The zero-order valence-electron chi connectivity index (χ0n) is 18.5. The average molecular weight is 504 g/mol. The average Bonchev–Trinajstić information content (AvgIpc) is 3.43. The predicted octanol–water partition coefficient (Wildman–Crippen LogP) is 4.45. The number of Topliss-reactive ketones (excluding diaryl/α,β-unsaturated/α-hetero) is 1. The number of hydrogen-bond acceptors (Lipinski definition) is 6. The highest BCUT2D eigenvalue weighted by molar-refractivity contribution is 7.91. The van der Waals surface area contributed by atoms with E-state index in [1.165, 1.54) is 0 Å². The van der Waals surface area contributed by atoms with Crippen molar-refractivity contribution >= 4 is 32.9 Å². The molecule has 8 heteroatoms. The summed E-state index contributed by atoms with van der Waals surface area (Å²) in [5.41, 5.74) is 3.09. The van der Waals surface area contributed by atoms with Crippen LogP contribution in [0.25, 0.3) is 10.4 Å². The molecular formula is C27H21NO5S2. The number of thiophene rings is 1. The van der Waals surface area contributed by atoms with Gasteiger partial charge in [0.05, 0.1) is 0 Å². The smallest absolute Gasteiger partial charge is 0.254 e. The van der Waals surface area contributed by atoms with Crippen LogP contribution in [0.3, 0.4) is 0 Å². The molecule has 1 atom stereocenters. The molecule has 0 bridgehead atoms. The fourth-order valence-corrected chi connectivity index (χ4v) is 7.63. The minimum Gasteiger partial charge on any atom is -0.389 e. The fourth-order valence-electron chi connectivity index (χ4n) is 4.25. The van der Waals surface area contributed by atoms with Crippen LogP contribution in [0.4, 0.5) is 0 Å². The number of nitrogens with zero attached hydrogens (tertiary/aromatic N) is 1. The Labute approximate surface area is 207 Å². The van der Waals surface area contributed by atoms with Crippen LogP contribution in [0.15, 0.2) is 95.2 Å². The molecule has 35 heavy (non-hydrogen) atoms. The van der Waals surface area contributed by atoms with E-state index in [0.29, 0.717) is 22.3 Å². The predicted molar refractivity (Wildman–Crippen MR) is 134 cm³/mol. The number of aliphatic hydroxyl groups is 1. The zero-order chi connectivity index (χ0) is 24.6. The molecule has 2 heterocycles. The number of sulfonamides is 1. The van der Waals surface area contributed by atoms with Crippen LogP contribution in [0, 0.1) is 0 Å². The van der Waals surface area contributed by atoms with Gasteiger partial charge in [0.15, 0.2) is 11.6 Å². The Bertz CT molecular complexity index is 1490. The van der Waals surface area contributed by atoms with E-state index in [1.807, 2.05) is 36.4 Å². The van der Waals surface area contributed by atoms with Crippen molar-refractivity contribution in [1.29, 1.82) is 0 Å².